The van der Waals surface area contributed by atoms with Crippen molar-refractivity contribution < 1.29 is 19.6 Å². The zero-order chi connectivity index (χ0) is 20.8. The number of benzene rings is 2. The summed E-state index contributed by atoms with van der Waals surface area (Å²) in [7, 11) is 0. The van der Waals surface area contributed by atoms with Crippen LogP contribution in [-0.4, -0.2) is 41.5 Å². The van der Waals surface area contributed by atoms with Crippen molar-refractivity contribution in [2.45, 2.75) is 25.7 Å². The smallest absolute Gasteiger partial charge is 0.335 e. The first-order chi connectivity index (χ1) is 14.0. The first kappa shape index (κ1) is 20.3. The molecule has 0 atom stereocenters. The summed E-state index contributed by atoms with van der Waals surface area (Å²) >= 11 is 0. The molecule has 2 N–H and O–H groups in total. The highest BCUT2D eigenvalue weighted by Crippen LogP contribution is 2.28. The number of nitro groups is 1. The minimum absolute atomic E-state index is 0.111. The maximum Gasteiger partial charge on any atom is 0.335 e. The number of non-ortho nitro benzene ring substituents is 1. The minimum Gasteiger partial charge on any atom is -0.478 e. The van der Waals surface area contributed by atoms with Gasteiger partial charge in [0.1, 0.15) is 0 Å². The van der Waals surface area contributed by atoms with E-state index in [1.807, 2.05) is 0 Å². The predicted octanol–water partition coefficient (Wildman–Crippen LogP) is 3.26. The molecule has 0 aromatic heterocycles. The molecule has 1 amide bonds. The van der Waals surface area contributed by atoms with Crippen LogP contribution in [0.1, 0.15) is 45.5 Å². The number of carbonyl (C=O) groups is 2. The van der Waals surface area contributed by atoms with Crippen molar-refractivity contribution >= 4 is 23.3 Å². The molecule has 1 saturated heterocycles. The number of rotatable bonds is 7. The van der Waals surface area contributed by atoms with Gasteiger partial charge in [-0.3, -0.25) is 14.9 Å². The second-order valence-electron chi connectivity index (χ2n) is 7.01. The van der Waals surface area contributed by atoms with Crippen molar-refractivity contribution in [3.8, 4) is 0 Å². The van der Waals surface area contributed by atoms with Crippen LogP contribution in [0.15, 0.2) is 42.5 Å². The monoisotopic (exact) mass is 397 g/mol. The molecular formula is C21H23N3O5. The lowest BCUT2D eigenvalue weighted by Crippen LogP contribution is -2.33. The SMILES string of the molecule is O=C(O)c1ccc(CCNC(=O)c2cc([N+](=O)[O-])ccc2N2CCCCC2)cc1. The molecule has 3 rings (SSSR count). The van der Waals surface area contributed by atoms with Gasteiger partial charge in [-0.05, 0) is 49.4 Å². The van der Waals surface area contributed by atoms with Crippen LogP contribution >= 0.6 is 0 Å². The lowest BCUT2D eigenvalue weighted by atomic mass is 10.1. The van der Waals surface area contributed by atoms with Crippen molar-refractivity contribution in [3.05, 3.63) is 69.3 Å². The molecule has 2 aromatic rings. The first-order valence-corrected chi connectivity index (χ1v) is 9.59. The quantitative estimate of drug-likeness (QED) is 0.548. The zero-order valence-electron chi connectivity index (χ0n) is 16.0. The fourth-order valence-corrected chi connectivity index (χ4v) is 3.46. The highest BCUT2D eigenvalue weighted by Gasteiger charge is 2.21. The maximum atomic E-state index is 12.8. The summed E-state index contributed by atoms with van der Waals surface area (Å²) < 4.78 is 0. The molecule has 0 saturated carbocycles. The summed E-state index contributed by atoms with van der Waals surface area (Å²) in [5, 5.41) is 22.9. The minimum atomic E-state index is -0.985. The van der Waals surface area contributed by atoms with Crippen molar-refractivity contribution in [1.29, 1.82) is 0 Å². The fraction of sp³-hybridized carbons (Fsp3) is 0.333. The number of nitrogens with zero attached hydrogens (tertiary/aromatic N) is 2. The van der Waals surface area contributed by atoms with Gasteiger partial charge in [-0.15, -0.1) is 0 Å². The molecule has 8 heteroatoms. The topological polar surface area (TPSA) is 113 Å². The molecule has 0 bridgehead atoms. The van der Waals surface area contributed by atoms with Crippen molar-refractivity contribution in [2.24, 2.45) is 0 Å². The Labute approximate surface area is 168 Å². The van der Waals surface area contributed by atoms with Gasteiger partial charge in [-0.25, -0.2) is 4.79 Å². The molecular weight excluding hydrogens is 374 g/mol. The third-order valence-electron chi connectivity index (χ3n) is 5.03. The summed E-state index contributed by atoms with van der Waals surface area (Å²) in [5.41, 5.74) is 2.02. The Morgan fingerprint density at radius 3 is 2.38 bits per heavy atom. The molecule has 0 radical (unpaired) electrons. The van der Waals surface area contributed by atoms with Crippen LogP contribution in [0, 0.1) is 10.1 Å². The molecule has 1 fully saturated rings. The summed E-state index contributed by atoms with van der Waals surface area (Å²) in [6.45, 7) is 2.00. The van der Waals surface area contributed by atoms with Crippen molar-refractivity contribution in [2.75, 3.05) is 24.5 Å². The second-order valence-corrected chi connectivity index (χ2v) is 7.01. The molecule has 2 aromatic carbocycles. The van der Waals surface area contributed by atoms with Gasteiger partial charge in [0.15, 0.2) is 0 Å². The Balaban J connectivity index is 1.70. The van der Waals surface area contributed by atoms with Gasteiger partial charge in [-0.2, -0.15) is 0 Å². The number of amides is 1. The lowest BCUT2D eigenvalue weighted by Gasteiger charge is -2.30. The van der Waals surface area contributed by atoms with E-state index in [1.165, 1.54) is 24.3 Å². The molecule has 1 aliphatic heterocycles. The predicted molar refractivity (Wildman–Crippen MR) is 109 cm³/mol. The average Bonchev–Trinajstić information content (AvgIpc) is 2.74. The van der Waals surface area contributed by atoms with Crippen LogP contribution in [0.5, 0.6) is 0 Å². The van der Waals surface area contributed by atoms with E-state index in [4.69, 9.17) is 5.11 Å². The third kappa shape index (κ3) is 5.10. The lowest BCUT2D eigenvalue weighted by molar-refractivity contribution is -0.384. The van der Waals surface area contributed by atoms with E-state index in [1.54, 1.807) is 18.2 Å². The van der Waals surface area contributed by atoms with Crippen LogP contribution in [0.3, 0.4) is 0 Å². The Hall–Kier alpha value is -3.42. The molecule has 0 spiro atoms. The van der Waals surface area contributed by atoms with Gasteiger partial charge in [0.2, 0.25) is 0 Å². The standard InChI is InChI=1S/C21H23N3O5/c25-20(22-11-10-15-4-6-16(7-5-15)21(26)27)18-14-17(24(28)29)8-9-19(18)23-12-2-1-3-13-23/h4-9,14H,1-3,10-13H2,(H,22,25)(H,26,27). The van der Waals surface area contributed by atoms with Gasteiger partial charge in [0.05, 0.1) is 21.7 Å². The van der Waals surface area contributed by atoms with Crippen LogP contribution in [0.25, 0.3) is 0 Å². The van der Waals surface area contributed by atoms with Crippen LogP contribution in [0.4, 0.5) is 11.4 Å². The van der Waals surface area contributed by atoms with E-state index in [9.17, 15) is 19.7 Å². The number of anilines is 1. The summed E-state index contributed by atoms with van der Waals surface area (Å²) in [6.07, 6.45) is 3.74. The fourth-order valence-electron chi connectivity index (χ4n) is 3.46. The third-order valence-corrected chi connectivity index (χ3v) is 5.03. The molecule has 0 aliphatic carbocycles. The van der Waals surface area contributed by atoms with Gasteiger partial charge in [0.25, 0.3) is 11.6 Å². The number of carboxylic acids is 1. The molecule has 1 aliphatic rings. The van der Waals surface area contributed by atoms with E-state index < -0.39 is 10.9 Å². The number of nitro benzene ring substituents is 1. The number of piperidine rings is 1. The average molecular weight is 397 g/mol. The van der Waals surface area contributed by atoms with Crippen molar-refractivity contribution in [3.63, 3.8) is 0 Å². The number of hydrogen-bond acceptors (Lipinski definition) is 5. The van der Waals surface area contributed by atoms with Gasteiger partial charge < -0.3 is 15.3 Å². The summed E-state index contributed by atoms with van der Waals surface area (Å²) in [4.78, 5) is 36.4. The molecule has 152 valence electrons. The molecule has 29 heavy (non-hydrogen) atoms. The Morgan fingerprint density at radius 1 is 1.07 bits per heavy atom. The number of carbonyl (C=O) groups excluding carboxylic acids is 1. The van der Waals surface area contributed by atoms with Crippen molar-refractivity contribution in [1.82, 2.24) is 5.32 Å². The van der Waals surface area contributed by atoms with Crippen LogP contribution in [-0.2, 0) is 6.42 Å². The van der Waals surface area contributed by atoms with Crippen LogP contribution < -0.4 is 10.2 Å². The van der Waals surface area contributed by atoms with E-state index >= 15 is 0 Å². The van der Waals surface area contributed by atoms with Gasteiger partial charge in [0, 0.05) is 31.8 Å². The maximum absolute atomic E-state index is 12.8. The van der Waals surface area contributed by atoms with E-state index in [-0.39, 0.29) is 17.2 Å². The zero-order valence-corrected chi connectivity index (χ0v) is 16.0. The van der Waals surface area contributed by atoms with Crippen LogP contribution in [0.2, 0.25) is 0 Å². The Morgan fingerprint density at radius 2 is 1.76 bits per heavy atom. The number of nitrogens with one attached hydrogen (secondary N) is 1. The molecule has 8 nitrogen and oxygen atoms in total. The second kappa shape index (κ2) is 9.18. The number of aromatic carboxylic acids is 1. The summed E-state index contributed by atoms with van der Waals surface area (Å²) in [6, 6.07) is 10.9. The first-order valence-electron chi connectivity index (χ1n) is 9.59. The Kier molecular flexibility index (Phi) is 6.43. The molecule has 1 heterocycles. The molecule has 0 unspecified atom stereocenters. The number of hydrogen-bond donors (Lipinski definition) is 2. The highest BCUT2D eigenvalue weighted by atomic mass is 16.6. The normalized spacial score (nSPS) is 13.7. The van der Waals surface area contributed by atoms with Gasteiger partial charge in [-0.1, -0.05) is 12.1 Å². The largest absolute Gasteiger partial charge is 0.478 e. The van der Waals surface area contributed by atoms with E-state index in [2.05, 4.69) is 10.2 Å². The summed E-state index contributed by atoms with van der Waals surface area (Å²) in [5.74, 6) is -1.34. The van der Waals surface area contributed by atoms with Gasteiger partial charge >= 0.3 is 5.97 Å². The number of carboxylic acid groups (broad SMARTS) is 1. The van der Waals surface area contributed by atoms with E-state index in [0.717, 1.165) is 43.6 Å². The Bertz CT molecular complexity index is 905. The highest BCUT2D eigenvalue weighted by molar-refractivity contribution is 6.00. The van der Waals surface area contributed by atoms with E-state index in [0.29, 0.717) is 18.5 Å².